The summed E-state index contributed by atoms with van der Waals surface area (Å²) in [4.78, 5) is 8.05. The molecular weight excluding hydrogens is 160 g/mol. The second-order valence-electron chi connectivity index (χ2n) is 4.53. The fourth-order valence-corrected chi connectivity index (χ4v) is 1.22. The van der Waals surface area contributed by atoms with Crippen molar-refractivity contribution in [1.29, 1.82) is 0 Å². The summed E-state index contributed by atoms with van der Waals surface area (Å²) in [5.74, 6) is 2.98. The number of aliphatic imine (C=N–C) groups is 2. The fourth-order valence-electron chi connectivity index (χ4n) is 1.22. The molecule has 1 aliphatic heterocycles. The minimum Gasteiger partial charge on any atom is -0.241 e. The zero-order chi connectivity index (χ0) is 9.90. The van der Waals surface area contributed by atoms with Crippen molar-refractivity contribution in [2.75, 3.05) is 0 Å². The molecule has 1 heterocycles. The van der Waals surface area contributed by atoms with Gasteiger partial charge in [-0.05, 0) is 30.7 Å². The van der Waals surface area contributed by atoms with E-state index in [4.69, 9.17) is 0 Å². The Kier molecular flexibility index (Phi) is 2.84. The van der Waals surface area contributed by atoms with Crippen molar-refractivity contribution in [3.05, 3.63) is 17.3 Å². The molecule has 0 fully saturated rings. The first-order chi connectivity index (χ1) is 5.97. The molecule has 0 bridgehead atoms. The molecule has 0 unspecified atom stereocenters. The lowest BCUT2D eigenvalue weighted by Crippen LogP contribution is -2.05. The van der Waals surface area contributed by atoms with Crippen LogP contribution in [0.2, 0.25) is 0 Å². The van der Waals surface area contributed by atoms with Gasteiger partial charge >= 0.3 is 0 Å². The highest BCUT2D eigenvalue weighted by Gasteiger charge is 2.12. The van der Waals surface area contributed by atoms with Crippen LogP contribution in [0, 0.1) is 5.41 Å². The highest BCUT2D eigenvalue weighted by atomic mass is 14.9. The van der Waals surface area contributed by atoms with E-state index in [1.165, 1.54) is 0 Å². The Morgan fingerprint density at radius 1 is 1.38 bits per heavy atom. The lowest BCUT2D eigenvalue weighted by atomic mass is 9.88. The summed E-state index contributed by atoms with van der Waals surface area (Å²) in [7, 11) is 0. The van der Waals surface area contributed by atoms with E-state index in [0.717, 1.165) is 17.7 Å². The Balaban J connectivity index is 2.82. The van der Waals surface area contributed by atoms with Gasteiger partial charge in [-0.2, -0.15) is 4.99 Å². The molecule has 0 saturated heterocycles. The normalized spacial score (nSPS) is 16.6. The minimum atomic E-state index is 0.277. The number of rotatable bonds is 1. The zero-order valence-corrected chi connectivity index (χ0v) is 8.76. The molecule has 2 heteroatoms. The molecule has 13 heavy (non-hydrogen) atoms. The Bertz CT molecular complexity index is 307. The van der Waals surface area contributed by atoms with Gasteiger partial charge in [0.2, 0.25) is 0 Å². The van der Waals surface area contributed by atoms with Gasteiger partial charge in [-0.25, -0.2) is 4.99 Å². The van der Waals surface area contributed by atoms with E-state index >= 15 is 0 Å². The summed E-state index contributed by atoms with van der Waals surface area (Å²) in [6.45, 7) is 8.59. The number of allylic oxidation sites excluding steroid dienone is 3. The van der Waals surface area contributed by atoms with E-state index in [1.807, 2.05) is 13.0 Å². The second-order valence-corrected chi connectivity index (χ2v) is 4.53. The Morgan fingerprint density at radius 3 is 2.69 bits per heavy atom. The van der Waals surface area contributed by atoms with E-state index < -0.39 is 0 Å². The van der Waals surface area contributed by atoms with Gasteiger partial charge in [-0.3, -0.25) is 0 Å². The van der Waals surface area contributed by atoms with Crippen molar-refractivity contribution in [3.8, 4) is 0 Å². The maximum Gasteiger partial charge on any atom is 0.125 e. The van der Waals surface area contributed by atoms with E-state index in [1.54, 1.807) is 6.34 Å². The van der Waals surface area contributed by atoms with Crippen molar-refractivity contribution in [2.45, 2.75) is 34.1 Å². The lowest BCUT2D eigenvalue weighted by molar-refractivity contribution is 0.414. The van der Waals surface area contributed by atoms with E-state index in [0.29, 0.717) is 0 Å². The largest absolute Gasteiger partial charge is 0.241 e. The molecular formula is C11H16N2. The average molecular weight is 176 g/mol. The van der Waals surface area contributed by atoms with Crippen molar-refractivity contribution >= 4 is 12.2 Å². The monoisotopic (exact) mass is 176 g/mol. The first-order valence-corrected chi connectivity index (χ1v) is 4.50. The lowest BCUT2D eigenvalue weighted by Gasteiger charge is -2.17. The van der Waals surface area contributed by atoms with Crippen LogP contribution in [-0.4, -0.2) is 12.2 Å². The quantitative estimate of drug-likeness (QED) is 0.587. The third-order valence-corrected chi connectivity index (χ3v) is 1.63. The summed E-state index contributed by atoms with van der Waals surface area (Å²) >= 11 is 0. The Labute approximate surface area is 79.8 Å². The molecule has 0 spiro atoms. The van der Waals surface area contributed by atoms with Crippen molar-refractivity contribution in [3.63, 3.8) is 0 Å². The summed E-state index contributed by atoms with van der Waals surface area (Å²) in [6.07, 6.45) is 4.57. The van der Waals surface area contributed by atoms with Crippen LogP contribution in [0.3, 0.4) is 0 Å². The molecule has 70 valence electrons. The molecule has 0 N–H and O–H groups in total. The van der Waals surface area contributed by atoms with Crippen molar-refractivity contribution < 1.29 is 0 Å². The van der Waals surface area contributed by atoms with Gasteiger partial charge in [0.25, 0.3) is 0 Å². The molecule has 0 aliphatic carbocycles. The summed E-state index contributed by atoms with van der Waals surface area (Å²) in [5.41, 5.74) is 2.40. The van der Waals surface area contributed by atoms with Crippen LogP contribution >= 0.6 is 0 Å². The van der Waals surface area contributed by atoms with Crippen LogP contribution in [-0.2, 0) is 0 Å². The van der Waals surface area contributed by atoms with Crippen LogP contribution in [0.15, 0.2) is 27.3 Å². The van der Waals surface area contributed by atoms with Crippen LogP contribution in [0.1, 0.15) is 34.1 Å². The van der Waals surface area contributed by atoms with Gasteiger partial charge in [0.05, 0.1) is 0 Å². The molecule has 1 rings (SSSR count). The summed E-state index contributed by atoms with van der Waals surface area (Å²) in [5, 5.41) is 0. The van der Waals surface area contributed by atoms with Gasteiger partial charge in [0, 0.05) is 11.3 Å². The smallest absolute Gasteiger partial charge is 0.125 e. The fraction of sp³-hybridized carbons (Fsp3) is 0.545. The first-order valence-electron chi connectivity index (χ1n) is 4.50. The molecule has 1 aliphatic rings. The predicted molar refractivity (Wildman–Crippen MR) is 57.3 cm³/mol. The van der Waals surface area contributed by atoms with Crippen LogP contribution in [0.5, 0.6) is 0 Å². The van der Waals surface area contributed by atoms with Crippen LogP contribution in [0.4, 0.5) is 0 Å². The van der Waals surface area contributed by atoms with Gasteiger partial charge in [-0.15, -0.1) is 0 Å². The van der Waals surface area contributed by atoms with E-state index in [9.17, 15) is 0 Å². The minimum absolute atomic E-state index is 0.277. The number of hydrogen-bond donors (Lipinski definition) is 0. The zero-order valence-electron chi connectivity index (χ0n) is 8.76. The number of nitrogens with zero attached hydrogens (tertiary/aromatic N) is 2. The van der Waals surface area contributed by atoms with Gasteiger partial charge < -0.3 is 0 Å². The maximum atomic E-state index is 4.09. The SMILES string of the molecule is CC1=CC(CC(C)(C)C)=C=NC=N1. The summed E-state index contributed by atoms with van der Waals surface area (Å²) < 4.78 is 0. The molecule has 0 aromatic carbocycles. The molecule has 0 atom stereocenters. The molecule has 0 saturated carbocycles. The Morgan fingerprint density at radius 2 is 2.08 bits per heavy atom. The molecule has 0 amide bonds. The molecule has 0 radical (unpaired) electrons. The van der Waals surface area contributed by atoms with E-state index in [2.05, 4.69) is 36.6 Å². The van der Waals surface area contributed by atoms with Crippen LogP contribution < -0.4 is 0 Å². The standard InChI is InChI=1S/C11H16N2/c1-9-5-10(6-11(2,3)4)7-12-8-13-9/h5,8H,6H2,1-4H3. The average Bonchev–Trinajstić information content (AvgIpc) is 2.10. The van der Waals surface area contributed by atoms with E-state index in [-0.39, 0.29) is 5.41 Å². The van der Waals surface area contributed by atoms with Crippen molar-refractivity contribution in [1.82, 2.24) is 0 Å². The highest BCUT2D eigenvalue weighted by Crippen LogP contribution is 2.24. The Hall–Kier alpha value is -1.14. The van der Waals surface area contributed by atoms with Gasteiger partial charge in [-0.1, -0.05) is 20.8 Å². The van der Waals surface area contributed by atoms with Gasteiger partial charge in [0.1, 0.15) is 6.34 Å². The highest BCUT2D eigenvalue weighted by molar-refractivity contribution is 5.75. The third-order valence-electron chi connectivity index (χ3n) is 1.63. The van der Waals surface area contributed by atoms with Crippen molar-refractivity contribution in [2.24, 2.45) is 15.4 Å². The molecule has 0 aromatic heterocycles. The molecule has 2 nitrogen and oxygen atoms in total. The number of hydrogen-bond acceptors (Lipinski definition) is 2. The summed E-state index contributed by atoms with van der Waals surface area (Å²) in [6, 6.07) is 0. The predicted octanol–water partition coefficient (Wildman–Crippen LogP) is 2.96. The second kappa shape index (κ2) is 3.71. The molecule has 0 aromatic rings. The first kappa shape index (κ1) is 9.94. The third kappa shape index (κ3) is 3.86. The maximum absolute atomic E-state index is 4.09. The topological polar surface area (TPSA) is 24.7 Å². The van der Waals surface area contributed by atoms with Crippen LogP contribution in [0.25, 0.3) is 0 Å². The van der Waals surface area contributed by atoms with Gasteiger partial charge in [0.15, 0.2) is 0 Å².